The number of hydrogen-bond acceptors (Lipinski definition) is 4. The summed E-state index contributed by atoms with van der Waals surface area (Å²) >= 11 is 0. The zero-order valence-electron chi connectivity index (χ0n) is 15.5. The third-order valence-electron chi connectivity index (χ3n) is 4.95. The minimum atomic E-state index is -0.270. The second-order valence-electron chi connectivity index (χ2n) is 7.30. The van der Waals surface area contributed by atoms with Crippen LogP contribution < -0.4 is 10.1 Å². The van der Waals surface area contributed by atoms with Crippen molar-refractivity contribution in [1.82, 2.24) is 10.3 Å². The number of rotatable bonds is 4. The van der Waals surface area contributed by atoms with Gasteiger partial charge in [0.15, 0.2) is 0 Å². The van der Waals surface area contributed by atoms with Gasteiger partial charge in [-0.05, 0) is 60.2 Å². The lowest BCUT2D eigenvalue weighted by Gasteiger charge is -2.20. The number of phenols is 1. The molecule has 0 radical (unpaired) electrons. The first-order valence-corrected chi connectivity index (χ1v) is 9.33. The molecule has 4 nitrogen and oxygen atoms in total. The molecule has 1 aromatic heterocycles. The normalized spacial score (nSPS) is 17.0. The molecule has 1 fully saturated rings. The molecule has 3 aromatic rings. The third-order valence-corrected chi connectivity index (χ3v) is 4.95. The molecule has 4 rings (SSSR count). The zero-order chi connectivity index (χ0) is 19.0. The van der Waals surface area contributed by atoms with Crippen molar-refractivity contribution in [3.05, 3.63) is 54.0 Å². The van der Waals surface area contributed by atoms with Gasteiger partial charge >= 0.3 is 0 Å². The van der Waals surface area contributed by atoms with Crippen molar-refractivity contribution in [2.24, 2.45) is 0 Å². The summed E-state index contributed by atoms with van der Waals surface area (Å²) in [6.07, 6.45) is 0.998. The van der Waals surface area contributed by atoms with E-state index in [1.807, 2.05) is 6.07 Å². The van der Waals surface area contributed by atoms with Crippen LogP contribution in [0.25, 0.3) is 21.9 Å². The summed E-state index contributed by atoms with van der Waals surface area (Å²) in [5.41, 5.74) is 2.76. The van der Waals surface area contributed by atoms with Crippen LogP contribution in [0.2, 0.25) is 0 Å². The standard InChI is InChI=1S/C22H23FN2O2/c1-13(2)21-20(14-3-5-15(23)6-4-14)18-8-7-16(26)11-19(18)22(25-21)27-17-9-10-24-12-17/h3-8,11,13,17,24,26H,9-10,12H2,1-2H3/t17-/m0/s1. The second kappa shape index (κ2) is 7.16. The van der Waals surface area contributed by atoms with Crippen molar-refractivity contribution >= 4 is 10.8 Å². The fourth-order valence-corrected chi connectivity index (χ4v) is 3.60. The Morgan fingerprint density at radius 3 is 2.59 bits per heavy atom. The molecule has 0 unspecified atom stereocenters. The van der Waals surface area contributed by atoms with E-state index in [0.717, 1.165) is 47.1 Å². The summed E-state index contributed by atoms with van der Waals surface area (Å²) in [6, 6.07) is 11.7. The number of nitrogens with one attached hydrogen (secondary N) is 1. The van der Waals surface area contributed by atoms with Crippen LogP contribution in [-0.4, -0.2) is 29.3 Å². The van der Waals surface area contributed by atoms with Gasteiger partial charge in [0, 0.05) is 17.5 Å². The van der Waals surface area contributed by atoms with Crippen molar-refractivity contribution in [2.75, 3.05) is 13.1 Å². The number of aromatic hydroxyl groups is 1. The Balaban J connectivity index is 1.96. The molecule has 1 atom stereocenters. The van der Waals surface area contributed by atoms with Gasteiger partial charge in [0.2, 0.25) is 5.88 Å². The highest BCUT2D eigenvalue weighted by Crippen LogP contribution is 2.40. The van der Waals surface area contributed by atoms with E-state index in [2.05, 4.69) is 19.2 Å². The highest BCUT2D eigenvalue weighted by atomic mass is 19.1. The van der Waals surface area contributed by atoms with Crippen molar-refractivity contribution < 1.29 is 14.2 Å². The van der Waals surface area contributed by atoms with Gasteiger partial charge in [-0.3, -0.25) is 0 Å². The molecule has 0 saturated carbocycles. The average Bonchev–Trinajstić information content (AvgIpc) is 3.15. The molecule has 27 heavy (non-hydrogen) atoms. The van der Waals surface area contributed by atoms with Crippen LogP contribution in [0, 0.1) is 5.82 Å². The average molecular weight is 366 g/mol. The molecule has 2 N–H and O–H groups in total. The van der Waals surface area contributed by atoms with Crippen molar-refractivity contribution in [3.63, 3.8) is 0 Å². The fourth-order valence-electron chi connectivity index (χ4n) is 3.60. The van der Waals surface area contributed by atoms with Gasteiger partial charge in [0.05, 0.1) is 5.69 Å². The molecule has 0 aliphatic carbocycles. The Bertz CT molecular complexity index is 964. The van der Waals surface area contributed by atoms with Gasteiger partial charge in [-0.25, -0.2) is 9.37 Å². The number of nitrogens with zero attached hydrogens (tertiary/aromatic N) is 1. The first-order valence-electron chi connectivity index (χ1n) is 9.33. The smallest absolute Gasteiger partial charge is 0.222 e. The molecule has 2 heterocycles. The minimum absolute atomic E-state index is 0.0692. The summed E-state index contributed by atoms with van der Waals surface area (Å²) in [5.74, 6) is 0.603. The van der Waals surface area contributed by atoms with Crippen molar-refractivity contribution in [2.45, 2.75) is 32.3 Å². The summed E-state index contributed by atoms with van der Waals surface area (Å²) in [7, 11) is 0. The molecule has 1 aliphatic heterocycles. The zero-order valence-corrected chi connectivity index (χ0v) is 15.5. The van der Waals surface area contributed by atoms with Gasteiger partial charge in [0.25, 0.3) is 0 Å². The number of hydrogen-bond donors (Lipinski definition) is 2. The van der Waals surface area contributed by atoms with Crippen LogP contribution >= 0.6 is 0 Å². The van der Waals surface area contributed by atoms with E-state index in [-0.39, 0.29) is 23.6 Å². The highest BCUT2D eigenvalue weighted by Gasteiger charge is 2.22. The largest absolute Gasteiger partial charge is 0.508 e. The van der Waals surface area contributed by atoms with E-state index >= 15 is 0 Å². The van der Waals surface area contributed by atoms with E-state index in [4.69, 9.17) is 9.72 Å². The Morgan fingerprint density at radius 1 is 1.15 bits per heavy atom. The molecule has 5 heteroatoms. The molecule has 1 saturated heterocycles. The van der Waals surface area contributed by atoms with Crippen LogP contribution in [0.3, 0.4) is 0 Å². The Labute approximate surface area is 158 Å². The number of ether oxygens (including phenoxy) is 1. The number of aromatic nitrogens is 1. The summed E-state index contributed by atoms with van der Waals surface area (Å²) in [5, 5.41) is 15.1. The van der Waals surface area contributed by atoms with E-state index in [0.29, 0.717) is 5.88 Å². The summed E-state index contributed by atoms with van der Waals surface area (Å²) in [6.45, 7) is 5.89. The molecular weight excluding hydrogens is 343 g/mol. The van der Waals surface area contributed by atoms with E-state index in [1.54, 1.807) is 24.3 Å². The maximum atomic E-state index is 13.4. The van der Waals surface area contributed by atoms with E-state index in [9.17, 15) is 9.50 Å². The lowest BCUT2D eigenvalue weighted by Crippen LogP contribution is -2.20. The van der Waals surface area contributed by atoms with Crippen LogP contribution in [0.15, 0.2) is 42.5 Å². The third kappa shape index (κ3) is 3.47. The molecule has 0 bridgehead atoms. The minimum Gasteiger partial charge on any atom is -0.508 e. The highest BCUT2D eigenvalue weighted by molar-refractivity contribution is 6.01. The van der Waals surface area contributed by atoms with Gasteiger partial charge in [-0.15, -0.1) is 0 Å². The van der Waals surface area contributed by atoms with Gasteiger partial charge in [-0.1, -0.05) is 26.0 Å². The van der Waals surface area contributed by atoms with Crippen LogP contribution in [-0.2, 0) is 0 Å². The Kier molecular flexibility index (Phi) is 4.70. The number of halogens is 1. The van der Waals surface area contributed by atoms with Gasteiger partial charge < -0.3 is 15.2 Å². The monoisotopic (exact) mass is 366 g/mol. The lowest BCUT2D eigenvalue weighted by molar-refractivity contribution is 0.216. The maximum absolute atomic E-state index is 13.4. The predicted molar refractivity (Wildman–Crippen MR) is 105 cm³/mol. The fraction of sp³-hybridized carbons (Fsp3) is 0.318. The number of phenolic OH excluding ortho intramolecular Hbond substituents is 1. The molecule has 1 aliphatic rings. The molecule has 2 aromatic carbocycles. The predicted octanol–water partition coefficient (Wildman–Crippen LogP) is 4.61. The van der Waals surface area contributed by atoms with Crippen LogP contribution in [0.1, 0.15) is 31.9 Å². The second-order valence-corrected chi connectivity index (χ2v) is 7.30. The lowest BCUT2D eigenvalue weighted by atomic mass is 9.92. The van der Waals surface area contributed by atoms with E-state index < -0.39 is 0 Å². The van der Waals surface area contributed by atoms with Crippen molar-refractivity contribution in [1.29, 1.82) is 0 Å². The summed E-state index contributed by atoms with van der Waals surface area (Å²) < 4.78 is 19.6. The topological polar surface area (TPSA) is 54.4 Å². The SMILES string of the molecule is CC(C)c1nc(O[C@H]2CCNC2)c2cc(O)ccc2c1-c1ccc(F)cc1. The number of benzene rings is 2. The van der Waals surface area contributed by atoms with Crippen LogP contribution in [0.4, 0.5) is 4.39 Å². The molecule has 0 spiro atoms. The Hall–Kier alpha value is -2.66. The number of pyridine rings is 1. The van der Waals surface area contributed by atoms with Crippen molar-refractivity contribution in [3.8, 4) is 22.8 Å². The maximum Gasteiger partial charge on any atom is 0.222 e. The first kappa shape index (κ1) is 17.7. The van der Waals surface area contributed by atoms with Gasteiger partial charge in [-0.2, -0.15) is 0 Å². The van der Waals surface area contributed by atoms with E-state index in [1.165, 1.54) is 12.1 Å². The van der Waals surface area contributed by atoms with Gasteiger partial charge in [0.1, 0.15) is 17.7 Å². The molecule has 0 amide bonds. The quantitative estimate of drug-likeness (QED) is 0.708. The van der Waals surface area contributed by atoms with Crippen LogP contribution in [0.5, 0.6) is 11.6 Å². The molecular formula is C22H23FN2O2. The number of fused-ring (bicyclic) bond motifs is 1. The Morgan fingerprint density at radius 2 is 1.93 bits per heavy atom. The first-order chi connectivity index (χ1) is 13.0. The molecule has 140 valence electrons. The summed E-state index contributed by atoms with van der Waals surface area (Å²) in [4.78, 5) is 4.85.